The second kappa shape index (κ2) is 7.89. The number of halogens is 1. The van der Waals surface area contributed by atoms with Gasteiger partial charge in [0.1, 0.15) is 12.4 Å². The van der Waals surface area contributed by atoms with E-state index in [1.807, 2.05) is 0 Å². The molecule has 0 bridgehead atoms. The van der Waals surface area contributed by atoms with Crippen molar-refractivity contribution in [2.45, 2.75) is 18.9 Å². The monoisotopic (exact) mass is 396 g/mol. The van der Waals surface area contributed by atoms with Gasteiger partial charge in [0.2, 0.25) is 18.0 Å². The molecule has 0 aliphatic carbocycles. The van der Waals surface area contributed by atoms with E-state index in [4.69, 9.17) is 35.0 Å². The summed E-state index contributed by atoms with van der Waals surface area (Å²) in [6.45, 7) is 0.0409. The summed E-state index contributed by atoms with van der Waals surface area (Å²) in [5, 5.41) is 10.6. The molecule has 1 aliphatic rings. The van der Waals surface area contributed by atoms with E-state index in [1.165, 1.54) is 14.2 Å². The third kappa shape index (κ3) is 3.86. The maximum Gasteiger partial charge on any atom is 0.306 e. The molecule has 1 aliphatic heterocycles. The lowest BCUT2D eigenvalue weighted by molar-refractivity contribution is -0.140. The van der Waals surface area contributed by atoms with E-state index >= 15 is 0 Å². The van der Waals surface area contributed by atoms with Gasteiger partial charge in [-0.3, -0.25) is 9.59 Å². The van der Waals surface area contributed by atoms with Crippen molar-refractivity contribution in [2.75, 3.05) is 21.0 Å². The Morgan fingerprint density at radius 1 is 1.30 bits per heavy atom. The Hall–Kier alpha value is -2.71. The Labute approximate surface area is 159 Å². The van der Waals surface area contributed by atoms with E-state index in [-0.39, 0.29) is 36.4 Å². The van der Waals surface area contributed by atoms with Crippen molar-refractivity contribution in [3.05, 3.63) is 50.5 Å². The summed E-state index contributed by atoms with van der Waals surface area (Å²) in [6, 6.07) is 4.31. The summed E-state index contributed by atoms with van der Waals surface area (Å²) < 4.78 is 26.0. The molecule has 3 rings (SSSR count). The molecule has 8 nitrogen and oxygen atoms in total. The van der Waals surface area contributed by atoms with Gasteiger partial charge in [0.25, 0.3) is 0 Å². The minimum absolute atomic E-state index is 0.0177. The summed E-state index contributed by atoms with van der Waals surface area (Å²) in [6.07, 6.45) is -0.195. The molecule has 1 N–H and O–H groups in total. The number of methoxy groups -OCH3 is 2. The van der Waals surface area contributed by atoms with Gasteiger partial charge in [-0.1, -0.05) is 11.6 Å². The zero-order valence-corrected chi connectivity index (χ0v) is 15.4. The molecule has 0 fully saturated rings. The number of aromatic hydroxyl groups is 1. The van der Waals surface area contributed by atoms with Gasteiger partial charge >= 0.3 is 5.97 Å². The van der Waals surface area contributed by atoms with Crippen LogP contribution in [0.1, 0.15) is 29.4 Å². The minimum Gasteiger partial charge on any atom is -0.502 e. The summed E-state index contributed by atoms with van der Waals surface area (Å²) >= 11 is 6.23. The Bertz CT molecular complexity index is 920. The van der Waals surface area contributed by atoms with Crippen LogP contribution in [-0.4, -0.2) is 32.1 Å². The quantitative estimate of drug-likeness (QED) is 0.743. The highest BCUT2D eigenvalue weighted by atomic mass is 35.5. The van der Waals surface area contributed by atoms with Crippen molar-refractivity contribution >= 4 is 17.6 Å². The van der Waals surface area contributed by atoms with E-state index in [0.29, 0.717) is 17.1 Å². The standard InChI is InChI=1S/C18H17ClO8/c1-23-7-10-5-13(20)16(22)17(27-10)11(6-15(21)24-2)9-3-12(19)18-14(4-9)25-8-26-18/h3-5,11,22H,6-8H2,1-2H3/t11-/m0/s1. The SMILES string of the molecule is COCc1cc(=O)c(O)c([C@@H](CC(=O)OC)c2cc(Cl)c3c(c2)OCO3)o1. The molecule has 2 aromatic rings. The third-order valence-corrected chi connectivity index (χ3v) is 4.33. The number of rotatable bonds is 6. The van der Waals surface area contributed by atoms with Crippen molar-refractivity contribution < 1.29 is 33.3 Å². The van der Waals surface area contributed by atoms with Crippen LogP contribution in [0.4, 0.5) is 0 Å². The van der Waals surface area contributed by atoms with Crippen molar-refractivity contribution in [3.63, 3.8) is 0 Å². The smallest absolute Gasteiger partial charge is 0.306 e. The predicted octanol–water partition coefficient (Wildman–Crippen LogP) is 2.57. The Morgan fingerprint density at radius 3 is 2.78 bits per heavy atom. The topological polar surface area (TPSA) is 104 Å². The summed E-state index contributed by atoms with van der Waals surface area (Å²) in [4.78, 5) is 24.1. The molecule has 0 saturated carbocycles. The van der Waals surface area contributed by atoms with Crippen LogP contribution in [0.2, 0.25) is 5.02 Å². The van der Waals surface area contributed by atoms with Crippen LogP contribution in [0.5, 0.6) is 17.2 Å². The van der Waals surface area contributed by atoms with Gasteiger partial charge in [-0.15, -0.1) is 0 Å². The van der Waals surface area contributed by atoms with Crippen molar-refractivity contribution in [1.29, 1.82) is 0 Å². The average Bonchev–Trinajstić information content (AvgIpc) is 3.12. The van der Waals surface area contributed by atoms with E-state index in [0.717, 1.165) is 6.07 Å². The summed E-state index contributed by atoms with van der Waals surface area (Å²) in [5.74, 6) is -1.11. The van der Waals surface area contributed by atoms with Crippen LogP contribution in [0.3, 0.4) is 0 Å². The van der Waals surface area contributed by atoms with Gasteiger partial charge < -0.3 is 28.5 Å². The molecule has 1 atom stereocenters. The molecule has 0 unspecified atom stereocenters. The largest absolute Gasteiger partial charge is 0.502 e. The molecule has 0 saturated heterocycles. The zero-order chi connectivity index (χ0) is 19.6. The summed E-state index contributed by atoms with van der Waals surface area (Å²) in [7, 11) is 2.68. The van der Waals surface area contributed by atoms with Crippen LogP contribution in [0, 0.1) is 0 Å². The molecule has 2 heterocycles. The van der Waals surface area contributed by atoms with Gasteiger partial charge in [-0.25, -0.2) is 0 Å². The van der Waals surface area contributed by atoms with E-state index in [9.17, 15) is 14.7 Å². The third-order valence-electron chi connectivity index (χ3n) is 4.05. The predicted molar refractivity (Wildman–Crippen MR) is 93.4 cm³/mol. The van der Waals surface area contributed by atoms with Crippen LogP contribution in [-0.2, 0) is 20.9 Å². The van der Waals surface area contributed by atoms with Gasteiger partial charge in [0, 0.05) is 13.2 Å². The van der Waals surface area contributed by atoms with E-state index in [1.54, 1.807) is 12.1 Å². The first-order valence-corrected chi connectivity index (χ1v) is 8.33. The molecule has 9 heteroatoms. The highest BCUT2D eigenvalue weighted by Gasteiger charge is 2.29. The number of carbonyl (C=O) groups is 1. The van der Waals surface area contributed by atoms with Crippen LogP contribution in [0.25, 0.3) is 0 Å². The minimum atomic E-state index is -0.839. The van der Waals surface area contributed by atoms with Crippen molar-refractivity contribution in [1.82, 2.24) is 0 Å². The van der Waals surface area contributed by atoms with Crippen LogP contribution < -0.4 is 14.9 Å². The highest BCUT2D eigenvalue weighted by molar-refractivity contribution is 6.32. The molecular weight excluding hydrogens is 380 g/mol. The molecule has 1 aromatic heterocycles. The average molecular weight is 397 g/mol. The fraction of sp³-hybridized carbons (Fsp3) is 0.333. The fourth-order valence-electron chi connectivity index (χ4n) is 2.81. The van der Waals surface area contributed by atoms with Crippen molar-refractivity contribution in [3.8, 4) is 17.2 Å². The molecule has 1 aromatic carbocycles. The van der Waals surface area contributed by atoms with Crippen LogP contribution in [0.15, 0.2) is 27.4 Å². The molecular formula is C18H17ClO8. The first kappa shape index (κ1) is 19.1. The van der Waals surface area contributed by atoms with E-state index in [2.05, 4.69) is 0 Å². The number of hydrogen-bond donors (Lipinski definition) is 1. The number of carbonyl (C=O) groups excluding carboxylic acids is 1. The maximum atomic E-state index is 12.1. The van der Waals surface area contributed by atoms with Gasteiger partial charge in [-0.2, -0.15) is 0 Å². The Balaban J connectivity index is 2.14. The number of hydrogen-bond acceptors (Lipinski definition) is 8. The maximum absolute atomic E-state index is 12.1. The number of esters is 1. The number of fused-ring (bicyclic) bond motifs is 1. The molecule has 0 spiro atoms. The number of benzene rings is 1. The molecule has 0 amide bonds. The lowest BCUT2D eigenvalue weighted by atomic mass is 9.91. The van der Waals surface area contributed by atoms with Gasteiger partial charge in [0.15, 0.2) is 17.3 Å². The zero-order valence-electron chi connectivity index (χ0n) is 14.6. The lowest BCUT2D eigenvalue weighted by Crippen LogP contribution is -2.14. The first-order valence-electron chi connectivity index (χ1n) is 7.95. The normalized spacial score (nSPS) is 13.4. The van der Waals surface area contributed by atoms with Gasteiger partial charge in [-0.05, 0) is 17.7 Å². The second-order valence-corrected chi connectivity index (χ2v) is 6.20. The van der Waals surface area contributed by atoms with Gasteiger partial charge in [0.05, 0.1) is 24.5 Å². The van der Waals surface area contributed by atoms with E-state index < -0.39 is 23.1 Å². The molecule has 0 radical (unpaired) electrons. The Kier molecular flexibility index (Phi) is 5.57. The second-order valence-electron chi connectivity index (χ2n) is 5.79. The highest BCUT2D eigenvalue weighted by Crippen LogP contribution is 2.44. The number of ether oxygens (including phenoxy) is 4. The fourth-order valence-corrected chi connectivity index (χ4v) is 3.08. The molecule has 144 valence electrons. The summed E-state index contributed by atoms with van der Waals surface area (Å²) in [5.41, 5.74) is -0.160. The molecule has 27 heavy (non-hydrogen) atoms. The Morgan fingerprint density at radius 2 is 2.07 bits per heavy atom. The van der Waals surface area contributed by atoms with Crippen LogP contribution >= 0.6 is 11.6 Å². The van der Waals surface area contributed by atoms with Crippen molar-refractivity contribution in [2.24, 2.45) is 0 Å². The lowest BCUT2D eigenvalue weighted by Gasteiger charge is -2.18. The first-order chi connectivity index (χ1) is 12.9.